The SMILES string of the molecule is CCNC(=NCc1cccc(OCCN(C)C)c1)NC1CCCC(S(=O)CC)C1.I. The van der Waals surface area contributed by atoms with Gasteiger partial charge in [-0.2, -0.15) is 0 Å². The van der Waals surface area contributed by atoms with Gasteiger partial charge in [0.05, 0.1) is 6.54 Å². The molecule has 0 spiro atoms. The van der Waals surface area contributed by atoms with Gasteiger partial charge in [-0.3, -0.25) is 4.21 Å². The van der Waals surface area contributed by atoms with E-state index in [9.17, 15) is 4.21 Å². The van der Waals surface area contributed by atoms with Crippen LogP contribution in [-0.4, -0.2) is 65.9 Å². The van der Waals surface area contributed by atoms with Crippen LogP contribution in [0.3, 0.4) is 0 Å². The zero-order valence-electron chi connectivity index (χ0n) is 18.9. The fraction of sp³-hybridized carbons (Fsp3) is 0.682. The molecule has 0 heterocycles. The zero-order chi connectivity index (χ0) is 21.1. The van der Waals surface area contributed by atoms with Crippen molar-refractivity contribution >= 4 is 40.7 Å². The van der Waals surface area contributed by atoms with E-state index in [0.29, 0.717) is 24.4 Å². The minimum absolute atomic E-state index is 0. The van der Waals surface area contributed by atoms with Crippen LogP contribution in [-0.2, 0) is 17.3 Å². The number of hydrogen-bond acceptors (Lipinski definition) is 4. The molecule has 6 nitrogen and oxygen atoms in total. The molecule has 1 aliphatic rings. The van der Waals surface area contributed by atoms with Crippen molar-refractivity contribution in [3.63, 3.8) is 0 Å². The molecular formula is C22H39IN4O2S. The van der Waals surface area contributed by atoms with Crippen LogP contribution >= 0.6 is 24.0 Å². The predicted molar refractivity (Wildman–Crippen MR) is 139 cm³/mol. The molecule has 1 aliphatic carbocycles. The highest BCUT2D eigenvalue weighted by molar-refractivity contribution is 14.0. The summed E-state index contributed by atoms with van der Waals surface area (Å²) in [6, 6.07) is 8.48. The van der Waals surface area contributed by atoms with E-state index in [1.165, 1.54) is 0 Å². The van der Waals surface area contributed by atoms with E-state index in [1.807, 2.05) is 33.2 Å². The second-order valence-corrected chi connectivity index (χ2v) is 9.80. The number of likely N-dealkylation sites (N-methyl/N-ethyl adjacent to an activating group) is 1. The average Bonchev–Trinajstić information content (AvgIpc) is 2.72. The van der Waals surface area contributed by atoms with Crippen LogP contribution in [0.2, 0.25) is 0 Å². The lowest BCUT2D eigenvalue weighted by Crippen LogP contribution is -2.46. The third-order valence-electron chi connectivity index (χ3n) is 5.09. The van der Waals surface area contributed by atoms with Crippen LogP contribution in [0.1, 0.15) is 45.1 Å². The average molecular weight is 551 g/mol. The van der Waals surface area contributed by atoms with Crippen molar-refractivity contribution < 1.29 is 8.95 Å². The molecule has 3 unspecified atom stereocenters. The predicted octanol–water partition coefficient (Wildman–Crippen LogP) is 3.38. The maximum atomic E-state index is 12.2. The summed E-state index contributed by atoms with van der Waals surface area (Å²) in [5.41, 5.74) is 1.12. The monoisotopic (exact) mass is 550 g/mol. The van der Waals surface area contributed by atoms with Gasteiger partial charge >= 0.3 is 0 Å². The van der Waals surface area contributed by atoms with E-state index >= 15 is 0 Å². The Morgan fingerprint density at radius 3 is 2.80 bits per heavy atom. The molecule has 3 atom stereocenters. The molecule has 30 heavy (non-hydrogen) atoms. The number of ether oxygens (including phenoxy) is 1. The van der Waals surface area contributed by atoms with Crippen molar-refractivity contribution in [3.05, 3.63) is 29.8 Å². The standard InChI is InChI=1S/C22H38N4O2S.HI/c1-5-23-22(25-19-10-8-12-21(16-19)29(27)6-2)24-17-18-9-7-11-20(15-18)28-14-13-26(3)4;/h7,9,11,15,19,21H,5-6,8,10,12-14,16-17H2,1-4H3,(H2,23,24,25);1H. The summed E-state index contributed by atoms with van der Waals surface area (Å²) in [5.74, 6) is 2.47. The molecule has 1 fully saturated rings. The molecule has 172 valence electrons. The van der Waals surface area contributed by atoms with Gasteiger partial charge in [0, 0.05) is 40.9 Å². The first-order chi connectivity index (χ1) is 14.0. The van der Waals surface area contributed by atoms with Crippen LogP contribution in [0, 0.1) is 0 Å². The van der Waals surface area contributed by atoms with Gasteiger partial charge in [-0.25, -0.2) is 4.99 Å². The van der Waals surface area contributed by atoms with Crippen LogP contribution in [0.25, 0.3) is 0 Å². The Bertz CT molecular complexity index is 672. The third-order valence-corrected chi connectivity index (χ3v) is 6.83. The summed E-state index contributed by atoms with van der Waals surface area (Å²) in [7, 11) is 3.37. The molecule has 1 aromatic carbocycles. The lowest BCUT2D eigenvalue weighted by atomic mass is 9.95. The van der Waals surface area contributed by atoms with Crippen molar-refractivity contribution in [3.8, 4) is 5.75 Å². The normalized spacial score (nSPS) is 20.4. The highest BCUT2D eigenvalue weighted by atomic mass is 127. The van der Waals surface area contributed by atoms with Gasteiger partial charge in [0.25, 0.3) is 0 Å². The number of benzene rings is 1. The van der Waals surface area contributed by atoms with Crippen molar-refractivity contribution in [2.45, 2.75) is 57.4 Å². The molecule has 2 N–H and O–H groups in total. The van der Waals surface area contributed by atoms with Gasteiger partial charge in [-0.05, 0) is 58.0 Å². The van der Waals surface area contributed by atoms with E-state index in [1.54, 1.807) is 0 Å². The van der Waals surface area contributed by atoms with Crippen molar-refractivity contribution in [1.82, 2.24) is 15.5 Å². The largest absolute Gasteiger partial charge is 0.492 e. The maximum absolute atomic E-state index is 12.2. The van der Waals surface area contributed by atoms with Gasteiger partial charge in [0.2, 0.25) is 0 Å². The molecule has 1 saturated carbocycles. The fourth-order valence-electron chi connectivity index (χ4n) is 3.51. The van der Waals surface area contributed by atoms with Gasteiger partial charge in [-0.15, -0.1) is 24.0 Å². The molecule has 0 bridgehead atoms. The molecular weight excluding hydrogens is 511 g/mol. The summed E-state index contributed by atoms with van der Waals surface area (Å²) in [4.78, 5) is 6.88. The van der Waals surface area contributed by atoms with E-state index in [2.05, 4.69) is 34.6 Å². The number of nitrogens with one attached hydrogen (secondary N) is 2. The second kappa shape index (κ2) is 15.0. The van der Waals surface area contributed by atoms with Crippen molar-refractivity contribution in [2.24, 2.45) is 4.99 Å². The highest BCUT2D eigenvalue weighted by Crippen LogP contribution is 2.23. The minimum Gasteiger partial charge on any atom is -0.492 e. The number of halogens is 1. The van der Waals surface area contributed by atoms with Crippen LogP contribution in [0.4, 0.5) is 0 Å². The second-order valence-electron chi connectivity index (χ2n) is 7.79. The Hall–Kier alpha value is -0.870. The number of aliphatic imine (C=N–C) groups is 1. The first-order valence-corrected chi connectivity index (χ1v) is 12.2. The molecule has 0 aromatic heterocycles. The fourth-order valence-corrected chi connectivity index (χ4v) is 4.86. The van der Waals surface area contributed by atoms with Gasteiger partial charge in [0.1, 0.15) is 12.4 Å². The molecule has 8 heteroatoms. The Labute approximate surface area is 202 Å². The molecule has 0 radical (unpaired) electrons. The Balaban J connectivity index is 0.00000450. The van der Waals surface area contributed by atoms with Gasteiger partial charge < -0.3 is 20.3 Å². The summed E-state index contributed by atoms with van der Waals surface area (Å²) in [6.45, 7) is 7.06. The van der Waals surface area contributed by atoms with E-state index < -0.39 is 10.8 Å². The molecule has 2 rings (SSSR count). The zero-order valence-corrected chi connectivity index (χ0v) is 22.0. The molecule has 1 aromatic rings. The number of guanidine groups is 1. The number of nitrogens with zero attached hydrogens (tertiary/aromatic N) is 2. The van der Waals surface area contributed by atoms with Crippen LogP contribution in [0.5, 0.6) is 5.75 Å². The highest BCUT2D eigenvalue weighted by Gasteiger charge is 2.26. The Morgan fingerprint density at radius 2 is 2.10 bits per heavy atom. The van der Waals surface area contributed by atoms with Gasteiger partial charge in [-0.1, -0.05) is 25.5 Å². The quantitative estimate of drug-likeness (QED) is 0.266. The third kappa shape index (κ3) is 9.96. The van der Waals surface area contributed by atoms with E-state index in [4.69, 9.17) is 9.73 Å². The number of hydrogen-bond donors (Lipinski definition) is 2. The topological polar surface area (TPSA) is 66.0 Å². The summed E-state index contributed by atoms with van der Waals surface area (Å²) in [5, 5.41) is 7.22. The number of rotatable bonds is 10. The first-order valence-electron chi connectivity index (χ1n) is 10.8. The van der Waals surface area contributed by atoms with Crippen LogP contribution in [0.15, 0.2) is 29.3 Å². The van der Waals surface area contributed by atoms with Crippen LogP contribution < -0.4 is 15.4 Å². The van der Waals surface area contributed by atoms with Crippen molar-refractivity contribution in [1.29, 1.82) is 0 Å². The smallest absolute Gasteiger partial charge is 0.191 e. The van der Waals surface area contributed by atoms with E-state index in [-0.39, 0.29) is 24.0 Å². The molecule has 0 saturated heterocycles. The lowest BCUT2D eigenvalue weighted by Gasteiger charge is -2.30. The van der Waals surface area contributed by atoms with Crippen molar-refractivity contribution in [2.75, 3.05) is 39.5 Å². The summed E-state index contributed by atoms with van der Waals surface area (Å²) >= 11 is 0. The minimum atomic E-state index is -0.712. The van der Waals surface area contributed by atoms with E-state index in [0.717, 1.165) is 61.8 Å². The first kappa shape index (κ1) is 27.2. The van der Waals surface area contributed by atoms with Gasteiger partial charge in [0.15, 0.2) is 5.96 Å². The summed E-state index contributed by atoms with van der Waals surface area (Å²) in [6.07, 6.45) is 4.27. The molecule has 0 amide bonds. The summed E-state index contributed by atoms with van der Waals surface area (Å²) < 4.78 is 18.0. The lowest BCUT2D eigenvalue weighted by molar-refractivity contribution is 0.261. The Kier molecular flexibility index (Phi) is 13.6. The Morgan fingerprint density at radius 1 is 1.30 bits per heavy atom. The molecule has 0 aliphatic heterocycles. The maximum Gasteiger partial charge on any atom is 0.191 e.